The summed E-state index contributed by atoms with van der Waals surface area (Å²) in [6, 6.07) is 0. The Morgan fingerprint density at radius 3 is 1.75 bits per heavy atom. The van der Waals surface area contributed by atoms with Crippen molar-refractivity contribution in [3.63, 3.8) is 0 Å². The van der Waals surface area contributed by atoms with Crippen molar-refractivity contribution in [1.29, 1.82) is 0 Å². The maximum absolute atomic E-state index is 9.09. The normalized spacial score (nSPS) is 2.25. The molecular formula is HCeOSeY. The third-order valence-corrected chi connectivity index (χ3v) is 0. The molecule has 0 unspecified atom stereocenters. The van der Waals surface area contributed by atoms with E-state index in [9.17, 15) is 0 Å². The van der Waals surface area contributed by atoms with Gasteiger partial charge in [0.2, 0.25) is 0 Å². The molecule has 0 radical (unpaired) electrons. The first-order valence-electron chi connectivity index (χ1n) is 0.494. The van der Waals surface area contributed by atoms with Gasteiger partial charge in [0.15, 0.2) is 0 Å². The Labute approximate surface area is 78.9 Å². The molecule has 0 spiro atoms. The number of rotatable bonds is 0. The summed E-state index contributed by atoms with van der Waals surface area (Å²) >= 11 is -1.20. The van der Waals surface area contributed by atoms with E-state index in [-0.39, 0.29) is 41.7 Å². The predicted molar refractivity (Wildman–Crippen MR) is 7.84 cm³/mol. The van der Waals surface area contributed by atoms with Crippen molar-refractivity contribution in [1.82, 2.24) is 0 Å². The molecule has 0 aliphatic heterocycles. The molecule has 0 fully saturated rings. The molecule has 0 N–H and O–H groups in total. The molecule has 0 rings (SSSR count). The van der Waals surface area contributed by atoms with Crippen molar-refractivity contribution < 1.29 is 70.3 Å². The van der Waals surface area contributed by atoms with Crippen LogP contribution in [-0.2, 0) is 28.6 Å². The molecule has 0 aliphatic rings. The van der Waals surface area contributed by atoms with Crippen LogP contribution in [0.15, 0.2) is 0 Å². The Morgan fingerprint density at radius 2 is 1.75 bits per heavy atom. The first-order valence-corrected chi connectivity index (χ1v) is 9.33. The summed E-state index contributed by atoms with van der Waals surface area (Å²) in [6.07, 6.45) is 0. The van der Waals surface area contributed by atoms with Crippen LogP contribution in [0.4, 0.5) is 0 Å². The van der Waals surface area contributed by atoms with E-state index < -0.39 is 26.5 Å². The van der Waals surface area contributed by atoms with Crippen LogP contribution < -0.4 is 0 Å². The quantitative estimate of drug-likeness (QED) is 0.535. The van der Waals surface area contributed by atoms with E-state index >= 15 is 0 Å². The monoisotopic (exact) mass is 326 g/mol. The van der Waals surface area contributed by atoms with E-state index in [1.54, 1.807) is 0 Å². The zero-order valence-electron chi connectivity index (χ0n) is 1.93. The Balaban J connectivity index is 0. The van der Waals surface area contributed by atoms with Crippen LogP contribution in [0, 0.1) is 41.7 Å². The fourth-order valence-electron chi connectivity index (χ4n) is 0. The van der Waals surface area contributed by atoms with Crippen molar-refractivity contribution in [3.05, 3.63) is 0 Å². The van der Waals surface area contributed by atoms with Gasteiger partial charge in [0.25, 0.3) is 0 Å². The maximum atomic E-state index is 9.09. The van der Waals surface area contributed by atoms with Gasteiger partial charge in [-0.25, -0.2) is 0 Å². The Bertz CT molecular complexity index is 15.5. The van der Waals surface area contributed by atoms with E-state index in [1.807, 2.05) is 0 Å². The molecular weight excluding hydrogens is 324 g/mol. The average Bonchev–Trinajstić information content (AvgIpc) is 0.918. The predicted octanol–water partition coefficient (Wildman–Crippen LogP) is -0.770. The topological polar surface area (TPSA) is 17.1 Å². The van der Waals surface area contributed by atoms with E-state index in [4.69, 9.17) is 2.04 Å². The van der Waals surface area contributed by atoms with Gasteiger partial charge in [-0.2, -0.15) is 0 Å². The summed E-state index contributed by atoms with van der Waals surface area (Å²) in [7, 11) is 2.10. The van der Waals surface area contributed by atoms with Crippen LogP contribution in [0.25, 0.3) is 0 Å². The van der Waals surface area contributed by atoms with Gasteiger partial charge in [0.1, 0.15) is 0 Å². The van der Waals surface area contributed by atoms with Gasteiger partial charge in [0, 0.05) is 41.7 Å². The van der Waals surface area contributed by atoms with Gasteiger partial charge in [-0.1, -0.05) is 0 Å². The molecule has 0 atom stereocenters. The van der Waals surface area contributed by atoms with Crippen LogP contribution in [0.1, 0.15) is 0 Å². The van der Waals surface area contributed by atoms with E-state index in [2.05, 4.69) is 10.9 Å². The molecule has 0 aromatic heterocycles. The van der Waals surface area contributed by atoms with Crippen LogP contribution in [0.5, 0.6) is 0 Å². The van der Waals surface area contributed by atoms with Crippen LogP contribution in [0.2, 0.25) is 0 Å². The first kappa shape index (κ1) is 9.93. The summed E-state index contributed by atoms with van der Waals surface area (Å²) in [5.74, 6) is 0. The molecule has 0 bridgehead atoms. The molecule has 4 heteroatoms. The fraction of sp³-hybridized carbons (Fsp3) is 0. The van der Waals surface area contributed by atoms with Gasteiger partial charge >= 0.3 is 39.5 Å². The molecule has 20 valence electrons. The summed E-state index contributed by atoms with van der Waals surface area (Å²) in [5, 5.41) is 0. The Hall–Kier alpha value is 2.80. The summed E-state index contributed by atoms with van der Waals surface area (Å²) in [4.78, 5) is 0. The molecule has 0 aromatic carbocycles. The van der Waals surface area contributed by atoms with Gasteiger partial charge in [-0.15, -0.1) is 0 Å². The van der Waals surface area contributed by atoms with Gasteiger partial charge < -0.3 is 0 Å². The first-order chi connectivity index (χ1) is 1.41. The van der Waals surface area contributed by atoms with Crippen LogP contribution in [-0.4, -0.2) is 10.9 Å². The summed E-state index contributed by atoms with van der Waals surface area (Å²) in [6.45, 7) is 0. The molecule has 0 saturated carbocycles. The van der Waals surface area contributed by atoms with E-state index in [0.717, 1.165) is 0 Å². The zero-order valence-corrected chi connectivity index (χ0v) is 9.79. The molecule has 0 amide bonds. The van der Waals surface area contributed by atoms with Crippen molar-refractivity contribution in [2.24, 2.45) is 0 Å². The van der Waals surface area contributed by atoms with Gasteiger partial charge in [-0.3, -0.25) is 0 Å². The van der Waals surface area contributed by atoms with Gasteiger partial charge in [-0.05, 0) is 0 Å². The third kappa shape index (κ3) is 8.84. The summed E-state index contributed by atoms with van der Waals surface area (Å²) in [5.41, 5.74) is 0. The second-order valence-corrected chi connectivity index (χ2v) is 3.24. The number of hydrogen-bond acceptors (Lipinski definition) is 1. The summed E-state index contributed by atoms with van der Waals surface area (Å²) < 4.78 is 9.09. The molecule has 4 heavy (non-hydrogen) atoms. The SMILES string of the molecule is [Ce].[O]=[Y][SeH]. The standard InChI is InChI=1S/Ce.O.H2Se.Y/h;;1H2;/q;;;+1/p-1. The van der Waals surface area contributed by atoms with Crippen molar-refractivity contribution in [3.8, 4) is 0 Å². The second kappa shape index (κ2) is 9.25. The fourth-order valence-corrected chi connectivity index (χ4v) is 0. The van der Waals surface area contributed by atoms with Crippen molar-refractivity contribution >= 4 is 10.9 Å². The van der Waals surface area contributed by atoms with Crippen LogP contribution in [0.3, 0.4) is 0 Å². The van der Waals surface area contributed by atoms with Crippen LogP contribution >= 0.6 is 0 Å². The Kier molecular flexibility index (Phi) is 23.0. The minimum atomic E-state index is -1.20. The van der Waals surface area contributed by atoms with Crippen molar-refractivity contribution in [2.45, 2.75) is 0 Å². The second-order valence-electron chi connectivity index (χ2n) is 0.105. The minimum absolute atomic E-state index is 0. The van der Waals surface area contributed by atoms with Gasteiger partial charge in [0.05, 0.1) is 0 Å². The Morgan fingerprint density at radius 1 is 1.75 bits per heavy atom. The van der Waals surface area contributed by atoms with E-state index in [0.29, 0.717) is 0 Å². The average molecular weight is 325 g/mol. The molecule has 1 nitrogen and oxygen atoms in total. The molecule has 0 aliphatic carbocycles. The van der Waals surface area contributed by atoms with Crippen molar-refractivity contribution in [2.75, 3.05) is 0 Å². The molecule has 0 heterocycles. The molecule has 0 aromatic rings. The van der Waals surface area contributed by atoms with E-state index in [1.165, 1.54) is 0 Å². The zero-order chi connectivity index (χ0) is 2.71. The molecule has 0 saturated heterocycles. The number of hydrogen-bond donors (Lipinski definition) is 0. The third-order valence-electron chi connectivity index (χ3n) is 0.